The maximum Gasteiger partial charge on any atom is 0 e. The molecule has 0 spiro atoms. The molecule has 0 aromatic heterocycles. The van der Waals surface area contributed by atoms with Crippen LogP contribution in [0.2, 0.25) is 0 Å². The summed E-state index contributed by atoms with van der Waals surface area (Å²) >= 11 is 0. The van der Waals surface area contributed by atoms with E-state index >= 15 is 0 Å². The van der Waals surface area contributed by atoms with Gasteiger partial charge < -0.3 is 0 Å². The molecule has 0 amide bonds. The first-order chi connectivity index (χ1) is 8.92. The second kappa shape index (κ2) is 5.06. The first-order valence-corrected chi connectivity index (χ1v) is 6.40. The molecule has 4 rings (SSSR count). The molecule has 90 valence electrons. The van der Waals surface area contributed by atoms with Crippen molar-refractivity contribution in [3.63, 3.8) is 0 Å². The maximum absolute atomic E-state index is 3.61. The predicted octanol–water partition coefficient (Wildman–Crippen LogP) is 4.27. The summed E-state index contributed by atoms with van der Waals surface area (Å²) in [4.78, 5) is 0. The molecule has 0 bridgehead atoms. The van der Waals surface area contributed by atoms with Gasteiger partial charge in [-0.05, 0) is 12.3 Å². The van der Waals surface area contributed by atoms with Crippen molar-refractivity contribution in [2.45, 2.75) is 12.3 Å². The fourth-order valence-electron chi connectivity index (χ4n) is 2.91. The fraction of sp³-hybridized carbons (Fsp3) is 0.111. The van der Waals surface area contributed by atoms with E-state index in [1.54, 1.807) is 0 Å². The van der Waals surface area contributed by atoms with Gasteiger partial charge in [0, 0.05) is 26.2 Å². The van der Waals surface area contributed by atoms with E-state index in [-0.39, 0.29) is 26.2 Å². The van der Waals surface area contributed by atoms with Gasteiger partial charge in [-0.15, -0.1) is 11.1 Å². The van der Waals surface area contributed by atoms with Crippen molar-refractivity contribution in [3.8, 4) is 11.1 Å². The average molecular weight is 321 g/mol. The second-order valence-corrected chi connectivity index (χ2v) is 4.94. The van der Waals surface area contributed by atoms with Gasteiger partial charge in [0.05, 0.1) is 0 Å². The Labute approximate surface area is 133 Å². The van der Waals surface area contributed by atoms with E-state index in [4.69, 9.17) is 0 Å². The van der Waals surface area contributed by atoms with E-state index in [2.05, 4.69) is 66.8 Å². The molecule has 2 aromatic carbocycles. The summed E-state index contributed by atoms with van der Waals surface area (Å²) in [6, 6.07) is 16.7. The zero-order valence-corrected chi connectivity index (χ0v) is 13.0. The van der Waals surface area contributed by atoms with Crippen LogP contribution in [0, 0.1) is 6.07 Å². The molecule has 0 saturated carbocycles. The van der Waals surface area contributed by atoms with Gasteiger partial charge in [0.2, 0.25) is 0 Å². The molecule has 0 aliphatic heterocycles. The smallest absolute Gasteiger partial charge is 0 e. The molecule has 0 atom stereocenters. The molecule has 19 heavy (non-hydrogen) atoms. The topological polar surface area (TPSA) is 0 Å². The van der Waals surface area contributed by atoms with E-state index in [9.17, 15) is 0 Å². The molecular formula is C18H13Zr-. The van der Waals surface area contributed by atoms with Gasteiger partial charge >= 0.3 is 0 Å². The minimum absolute atomic E-state index is 0. The molecule has 2 aromatic rings. The van der Waals surface area contributed by atoms with Crippen molar-refractivity contribution >= 4 is 0 Å². The third-order valence-corrected chi connectivity index (χ3v) is 3.83. The average Bonchev–Trinajstić information content (AvgIpc) is 3.05. The Morgan fingerprint density at radius 1 is 0.895 bits per heavy atom. The Morgan fingerprint density at radius 2 is 1.68 bits per heavy atom. The monoisotopic (exact) mass is 319 g/mol. The zero-order valence-electron chi connectivity index (χ0n) is 10.6. The van der Waals surface area contributed by atoms with Gasteiger partial charge in [-0.2, -0.15) is 23.8 Å². The predicted molar refractivity (Wildman–Crippen MR) is 74.5 cm³/mol. The number of allylic oxidation sites excluding steroid dienone is 4. The standard InChI is InChI=1S/C18H13.Zr/c1-2-6-13(5-1)14-9-10-18-16(11-14)12-15-7-3-4-8-17(15)18;/h1-10,13H,12H2;/q-1;. The van der Waals surface area contributed by atoms with Crippen LogP contribution in [-0.4, -0.2) is 0 Å². The van der Waals surface area contributed by atoms with Crippen molar-refractivity contribution < 1.29 is 26.2 Å². The Hall–Kier alpha value is -1.20. The molecular weight excluding hydrogens is 307 g/mol. The van der Waals surface area contributed by atoms with Crippen molar-refractivity contribution in [2.24, 2.45) is 0 Å². The minimum Gasteiger partial charge on any atom is -0.175 e. The maximum atomic E-state index is 3.61. The third kappa shape index (κ3) is 2.11. The molecule has 2 aliphatic rings. The van der Waals surface area contributed by atoms with Crippen molar-refractivity contribution in [2.75, 3.05) is 0 Å². The zero-order chi connectivity index (χ0) is 11.9. The summed E-state index contributed by atoms with van der Waals surface area (Å²) in [5.41, 5.74) is 6.81. The van der Waals surface area contributed by atoms with Crippen molar-refractivity contribution in [3.05, 3.63) is 83.5 Å². The van der Waals surface area contributed by atoms with E-state index in [0.717, 1.165) is 6.42 Å². The molecule has 0 nitrogen and oxygen atoms in total. The summed E-state index contributed by atoms with van der Waals surface area (Å²) in [7, 11) is 0. The van der Waals surface area contributed by atoms with E-state index in [1.807, 2.05) is 0 Å². The molecule has 1 heteroatoms. The Bertz CT molecular complexity index is 668. The summed E-state index contributed by atoms with van der Waals surface area (Å²) < 4.78 is 0. The number of fused-ring (bicyclic) bond motifs is 3. The summed E-state index contributed by atoms with van der Waals surface area (Å²) in [6.07, 6.45) is 9.70. The van der Waals surface area contributed by atoms with Gasteiger partial charge in [-0.3, -0.25) is 0 Å². The molecule has 0 fully saturated rings. The van der Waals surface area contributed by atoms with Crippen LogP contribution >= 0.6 is 0 Å². The first-order valence-electron chi connectivity index (χ1n) is 6.40. The van der Waals surface area contributed by atoms with Crippen LogP contribution in [0.1, 0.15) is 22.6 Å². The van der Waals surface area contributed by atoms with E-state index < -0.39 is 0 Å². The van der Waals surface area contributed by atoms with Crippen LogP contribution in [0.5, 0.6) is 0 Å². The largest absolute Gasteiger partial charge is 0.175 e. The van der Waals surface area contributed by atoms with Gasteiger partial charge in [-0.25, -0.2) is 0 Å². The molecule has 0 saturated heterocycles. The molecule has 2 aliphatic carbocycles. The SMILES string of the molecule is [Zr].[c-]1c(C2C=CC=C2)ccc2c1Cc1ccccc1-2. The number of hydrogen-bond acceptors (Lipinski definition) is 0. The Balaban J connectivity index is 0.00000110. The first kappa shape index (κ1) is 12.8. The van der Waals surface area contributed by atoms with Crippen LogP contribution in [0.15, 0.2) is 60.7 Å². The van der Waals surface area contributed by atoms with Crippen LogP contribution in [0.25, 0.3) is 11.1 Å². The summed E-state index contributed by atoms with van der Waals surface area (Å²) in [6.45, 7) is 0. The quantitative estimate of drug-likeness (QED) is 0.588. The van der Waals surface area contributed by atoms with E-state index in [1.165, 1.54) is 27.8 Å². The number of benzene rings is 2. The van der Waals surface area contributed by atoms with E-state index in [0.29, 0.717) is 5.92 Å². The van der Waals surface area contributed by atoms with Crippen molar-refractivity contribution in [1.82, 2.24) is 0 Å². The minimum atomic E-state index is 0. The number of rotatable bonds is 1. The van der Waals surface area contributed by atoms with Crippen LogP contribution < -0.4 is 0 Å². The van der Waals surface area contributed by atoms with Crippen LogP contribution in [-0.2, 0) is 32.6 Å². The fourth-order valence-corrected chi connectivity index (χ4v) is 2.91. The van der Waals surface area contributed by atoms with Crippen LogP contribution in [0.3, 0.4) is 0 Å². The second-order valence-electron chi connectivity index (χ2n) is 4.94. The van der Waals surface area contributed by atoms with Gasteiger partial charge in [0.1, 0.15) is 0 Å². The van der Waals surface area contributed by atoms with Gasteiger partial charge in [0.15, 0.2) is 0 Å². The number of hydrogen-bond donors (Lipinski definition) is 0. The van der Waals surface area contributed by atoms with Gasteiger partial charge in [0.25, 0.3) is 0 Å². The van der Waals surface area contributed by atoms with Crippen molar-refractivity contribution in [1.29, 1.82) is 0 Å². The summed E-state index contributed by atoms with van der Waals surface area (Å²) in [5.74, 6) is 0.416. The van der Waals surface area contributed by atoms with Crippen LogP contribution in [0.4, 0.5) is 0 Å². The normalized spacial score (nSPS) is 15.2. The summed E-state index contributed by atoms with van der Waals surface area (Å²) in [5, 5.41) is 0. The molecule has 0 unspecified atom stereocenters. The van der Waals surface area contributed by atoms with Gasteiger partial charge in [-0.1, -0.05) is 59.7 Å². The molecule has 0 heterocycles. The Morgan fingerprint density at radius 3 is 2.53 bits per heavy atom. The molecule has 0 N–H and O–H groups in total. The third-order valence-electron chi connectivity index (χ3n) is 3.83. The molecule has 0 radical (unpaired) electrons. The Kier molecular flexibility index (Phi) is 3.41.